The first-order chi connectivity index (χ1) is 9.67. The lowest BCUT2D eigenvalue weighted by molar-refractivity contribution is 0.0584. The van der Waals surface area contributed by atoms with Crippen molar-refractivity contribution in [3.8, 4) is 0 Å². The van der Waals surface area contributed by atoms with Crippen LogP contribution in [-0.2, 0) is 4.74 Å². The van der Waals surface area contributed by atoms with Crippen LogP contribution in [0, 0.1) is 0 Å². The summed E-state index contributed by atoms with van der Waals surface area (Å²) in [5, 5.41) is 3.03. The van der Waals surface area contributed by atoms with Gasteiger partial charge in [-0.2, -0.15) is 0 Å². The van der Waals surface area contributed by atoms with Crippen molar-refractivity contribution in [3.05, 3.63) is 24.0 Å². The summed E-state index contributed by atoms with van der Waals surface area (Å²) < 4.78 is 5.12. The lowest BCUT2D eigenvalue weighted by Gasteiger charge is -2.30. The summed E-state index contributed by atoms with van der Waals surface area (Å²) >= 11 is 0. The van der Waals surface area contributed by atoms with Gasteiger partial charge in [-0.1, -0.05) is 13.8 Å². The van der Waals surface area contributed by atoms with E-state index in [2.05, 4.69) is 24.1 Å². The van der Waals surface area contributed by atoms with E-state index in [9.17, 15) is 4.79 Å². The number of ether oxygens (including phenoxy) is 1. The van der Waals surface area contributed by atoms with Gasteiger partial charge in [0.2, 0.25) is 0 Å². The maximum atomic E-state index is 12.7. The molecule has 0 unspecified atom stereocenters. The monoisotopic (exact) mass is 279 g/mol. The quantitative estimate of drug-likeness (QED) is 0.794. The van der Waals surface area contributed by atoms with Crippen LogP contribution in [-0.4, -0.2) is 49.1 Å². The smallest absolute Gasteiger partial charge is 0.272 e. The Bertz CT molecular complexity index is 419. The van der Waals surface area contributed by atoms with Crippen LogP contribution in [0.2, 0.25) is 0 Å². The predicted octanol–water partition coefficient (Wildman–Crippen LogP) is 2.40. The second-order valence-corrected chi connectivity index (χ2v) is 4.64. The van der Waals surface area contributed by atoms with Crippen LogP contribution in [0.3, 0.4) is 0 Å². The average Bonchev–Trinajstić information content (AvgIpc) is 2.50. The molecule has 0 spiro atoms. The molecule has 0 aliphatic rings. The Morgan fingerprint density at radius 1 is 1.45 bits per heavy atom. The molecule has 0 saturated carbocycles. The van der Waals surface area contributed by atoms with Crippen molar-refractivity contribution in [3.63, 3.8) is 0 Å². The van der Waals surface area contributed by atoms with Gasteiger partial charge in [-0.3, -0.25) is 9.78 Å². The normalized spacial score (nSPS) is 10.7. The number of anilines is 1. The minimum absolute atomic E-state index is 0.0344. The number of amides is 1. The van der Waals surface area contributed by atoms with Gasteiger partial charge < -0.3 is 15.0 Å². The number of nitrogens with zero attached hydrogens (tertiary/aromatic N) is 2. The number of carbonyl (C=O) groups is 1. The molecule has 1 heterocycles. The number of pyridine rings is 1. The predicted molar refractivity (Wildman–Crippen MR) is 81.1 cm³/mol. The highest BCUT2D eigenvalue weighted by Gasteiger charge is 2.23. The van der Waals surface area contributed by atoms with Crippen LogP contribution >= 0.6 is 0 Å². The van der Waals surface area contributed by atoms with E-state index in [1.165, 1.54) is 0 Å². The number of aromatic nitrogens is 1. The number of nitrogens with one attached hydrogen (secondary N) is 1. The van der Waals surface area contributed by atoms with E-state index in [4.69, 9.17) is 4.74 Å². The third-order valence-corrected chi connectivity index (χ3v) is 3.45. The maximum absolute atomic E-state index is 12.7. The van der Waals surface area contributed by atoms with Crippen LogP contribution in [0.5, 0.6) is 0 Å². The van der Waals surface area contributed by atoms with Crippen molar-refractivity contribution >= 4 is 11.6 Å². The van der Waals surface area contributed by atoms with Crippen LogP contribution in [0.4, 0.5) is 5.69 Å². The number of hydrogen-bond acceptors (Lipinski definition) is 4. The summed E-state index contributed by atoms with van der Waals surface area (Å²) in [5.41, 5.74) is 1.36. The summed E-state index contributed by atoms with van der Waals surface area (Å²) in [4.78, 5) is 18.7. The van der Waals surface area contributed by atoms with E-state index in [-0.39, 0.29) is 11.9 Å². The number of methoxy groups -OCH3 is 1. The Balaban J connectivity index is 2.95. The van der Waals surface area contributed by atoms with Crippen molar-refractivity contribution in [2.75, 3.05) is 32.6 Å². The van der Waals surface area contributed by atoms with Crippen molar-refractivity contribution in [2.24, 2.45) is 0 Å². The fourth-order valence-electron chi connectivity index (χ4n) is 2.22. The summed E-state index contributed by atoms with van der Waals surface area (Å²) in [6.07, 6.45) is 3.51. The third-order valence-electron chi connectivity index (χ3n) is 3.45. The number of carbonyl (C=O) groups excluding carboxylic acids is 1. The molecule has 5 nitrogen and oxygen atoms in total. The van der Waals surface area contributed by atoms with Crippen molar-refractivity contribution in [1.82, 2.24) is 9.88 Å². The second-order valence-electron chi connectivity index (χ2n) is 4.64. The molecule has 0 aromatic carbocycles. The molecule has 1 rings (SSSR count). The third kappa shape index (κ3) is 4.20. The van der Waals surface area contributed by atoms with E-state index in [1.54, 1.807) is 19.4 Å². The molecule has 0 saturated heterocycles. The minimum atomic E-state index is -0.0344. The van der Waals surface area contributed by atoms with Gasteiger partial charge in [-0.05, 0) is 25.0 Å². The molecule has 5 heteroatoms. The van der Waals surface area contributed by atoms with Gasteiger partial charge in [0.25, 0.3) is 5.91 Å². The zero-order valence-corrected chi connectivity index (χ0v) is 12.8. The molecule has 1 N–H and O–H groups in total. The zero-order chi connectivity index (χ0) is 15.0. The molecule has 1 aromatic rings. The topological polar surface area (TPSA) is 54.5 Å². The molecule has 0 radical (unpaired) electrons. The second kappa shape index (κ2) is 8.53. The fraction of sp³-hybridized carbons (Fsp3) is 0.600. The fourth-order valence-corrected chi connectivity index (χ4v) is 2.22. The standard InChI is InChI=1S/C15H25N3O2/c1-5-13(6-2)18(9-10-20-4)15(19)14-11-12(16-3)7-8-17-14/h7-8,11,13H,5-6,9-10H2,1-4H3,(H,16,17). The Kier molecular flexibility index (Phi) is 7.01. The van der Waals surface area contributed by atoms with Crippen molar-refractivity contribution in [2.45, 2.75) is 32.7 Å². The molecule has 0 bridgehead atoms. The van der Waals surface area contributed by atoms with Gasteiger partial charge in [0, 0.05) is 38.6 Å². The average molecular weight is 279 g/mol. The minimum Gasteiger partial charge on any atom is -0.388 e. The summed E-state index contributed by atoms with van der Waals surface area (Å²) in [6, 6.07) is 3.84. The molecule has 1 amide bonds. The molecular formula is C15H25N3O2. The van der Waals surface area contributed by atoms with E-state index in [1.807, 2.05) is 18.0 Å². The first kappa shape index (κ1) is 16.4. The molecule has 0 fully saturated rings. The Hall–Kier alpha value is -1.62. The lowest BCUT2D eigenvalue weighted by atomic mass is 10.1. The number of hydrogen-bond donors (Lipinski definition) is 1. The van der Waals surface area contributed by atoms with E-state index >= 15 is 0 Å². The van der Waals surface area contributed by atoms with Crippen LogP contribution in [0.25, 0.3) is 0 Å². The SMILES string of the molecule is CCC(CC)N(CCOC)C(=O)c1cc(NC)ccn1. The summed E-state index contributed by atoms with van der Waals surface area (Å²) in [7, 11) is 3.47. The lowest BCUT2D eigenvalue weighted by Crippen LogP contribution is -2.42. The molecule has 0 atom stereocenters. The number of rotatable bonds is 8. The maximum Gasteiger partial charge on any atom is 0.272 e. The molecule has 0 aliphatic heterocycles. The van der Waals surface area contributed by atoms with Crippen molar-refractivity contribution < 1.29 is 9.53 Å². The van der Waals surface area contributed by atoms with Gasteiger partial charge in [-0.15, -0.1) is 0 Å². The van der Waals surface area contributed by atoms with Gasteiger partial charge in [0.05, 0.1) is 6.61 Å². The highest BCUT2D eigenvalue weighted by atomic mass is 16.5. The van der Waals surface area contributed by atoms with E-state index < -0.39 is 0 Å². The highest BCUT2D eigenvalue weighted by molar-refractivity contribution is 5.93. The molecule has 112 valence electrons. The molecular weight excluding hydrogens is 254 g/mol. The largest absolute Gasteiger partial charge is 0.388 e. The zero-order valence-electron chi connectivity index (χ0n) is 12.8. The van der Waals surface area contributed by atoms with E-state index in [0.29, 0.717) is 18.8 Å². The van der Waals surface area contributed by atoms with Crippen LogP contribution in [0.15, 0.2) is 18.3 Å². The Labute approximate surface area is 121 Å². The summed E-state index contributed by atoms with van der Waals surface area (Å²) in [6.45, 7) is 5.32. The van der Waals surface area contributed by atoms with Gasteiger partial charge in [-0.25, -0.2) is 0 Å². The van der Waals surface area contributed by atoms with E-state index in [0.717, 1.165) is 18.5 Å². The Morgan fingerprint density at radius 2 is 2.15 bits per heavy atom. The Morgan fingerprint density at radius 3 is 2.70 bits per heavy atom. The first-order valence-electron chi connectivity index (χ1n) is 7.11. The van der Waals surface area contributed by atoms with Crippen LogP contribution < -0.4 is 5.32 Å². The van der Waals surface area contributed by atoms with Gasteiger partial charge >= 0.3 is 0 Å². The molecule has 20 heavy (non-hydrogen) atoms. The molecule has 0 aliphatic carbocycles. The molecule has 1 aromatic heterocycles. The van der Waals surface area contributed by atoms with Gasteiger partial charge in [0.15, 0.2) is 0 Å². The summed E-state index contributed by atoms with van der Waals surface area (Å²) in [5.74, 6) is -0.0344. The van der Waals surface area contributed by atoms with Crippen LogP contribution in [0.1, 0.15) is 37.2 Å². The first-order valence-corrected chi connectivity index (χ1v) is 7.11. The highest BCUT2D eigenvalue weighted by Crippen LogP contribution is 2.14. The van der Waals surface area contributed by atoms with Crippen molar-refractivity contribution in [1.29, 1.82) is 0 Å². The van der Waals surface area contributed by atoms with Gasteiger partial charge in [0.1, 0.15) is 5.69 Å².